The molecule has 272 valence electrons. The third-order valence-electron chi connectivity index (χ3n) is 10.3. The first-order valence-corrected chi connectivity index (χ1v) is 20.0. The molecule has 0 radical (unpaired) electrons. The van der Waals surface area contributed by atoms with E-state index >= 15 is 0 Å². The van der Waals surface area contributed by atoms with Crippen molar-refractivity contribution < 1.29 is 13.2 Å². The summed E-state index contributed by atoms with van der Waals surface area (Å²) >= 11 is 6.63. The van der Waals surface area contributed by atoms with Crippen LogP contribution in [0.25, 0.3) is 11.0 Å². The highest BCUT2D eigenvalue weighted by atomic mass is 35.5. The number of hydrogen-bond acceptors (Lipinski definition) is 12. The van der Waals surface area contributed by atoms with Crippen molar-refractivity contribution in [1.82, 2.24) is 29.7 Å². The topological polar surface area (TPSA) is 132 Å². The summed E-state index contributed by atoms with van der Waals surface area (Å²) in [4.78, 5) is 25.7. The van der Waals surface area contributed by atoms with E-state index in [2.05, 4.69) is 59.5 Å². The van der Waals surface area contributed by atoms with Crippen LogP contribution in [0.2, 0.25) is 5.02 Å². The van der Waals surface area contributed by atoms with Crippen LogP contribution in [0.1, 0.15) is 38.2 Å². The summed E-state index contributed by atoms with van der Waals surface area (Å²) in [5.41, 5.74) is 5.15. The number of methoxy groups -OCH3 is 1. The number of likely N-dealkylation sites (N-methyl/N-ethyl adjacent to an activating group) is 1. The van der Waals surface area contributed by atoms with Gasteiger partial charge >= 0.3 is 0 Å². The van der Waals surface area contributed by atoms with Crippen LogP contribution in [0.5, 0.6) is 5.75 Å². The molecular weight excluding hydrogens is 688 g/mol. The standard InChI is InChI=1S/C36H47ClN10O3S/c1-5-47(51(4,48)49)34-29(9-8-28-33(34)39-13-12-38-28)41-35-27(37)23-40-36(43-35)42-30-21-25(20-24-6-7-24)31(22-32(30)50-3)46-14-10-26(11-15-46)45-18-16-44(2)17-19-45/h8-9,12-13,21-24,26H,5-7,10-11,14-20H2,1-4H3,(H2,40,41,42,43). The van der Waals surface area contributed by atoms with Crippen LogP contribution in [-0.2, 0) is 16.4 Å². The zero-order chi connectivity index (χ0) is 35.7. The molecule has 51 heavy (non-hydrogen) atoms. The predicted octanol–water partition coefficient (Wildman–Crippen LogP) is 5.52. The lowest BCUT2D eigenvalue weighted by molar-refractivity contribution is 0.0982. The number of piperazine rings is 1. The smallest absolute Gasteiger partial charge is 0.232 e. The van der Waals surface area contributed by atoms with Crippen LogP contribution >= 0.6 is 11.6 Å². The van der Waals surface area contributed by atoms with Crippen molar-refractivity contribution in [3.05, 3.63) is 53.4 Å². The molecule has 2 aromatic carbocycles. The van der Waals surface area contributed by atoms with E-state index < -0.39 is 10.0 Å². The Labute approximate surface area is 305 Å². The zero-order valence-electron chi connectivity index (χ0n) is 29.8. The number of ether oxygens (including phenoxy) is 1. The lowest BCUT2D eigenvalue weighted by atomic mass is 9.98. The van der Waals surface area contributed by atoms with Crippen molar-refractivity contribution in [2.75, 3.05) is 86.1 Å². The molecule has 2 N–H and O–H groups in total. The molecule has 7 rings (SSSR count). The molecule has 2 saturated heterocycles. The van der Waals surface area contributed by atoms with E-state index in [-0.39, 0.29) is 11.6 Å². The molecule has 4 heterocycles. The highest BCUT2D eigenvalue weighted by molar-refractivity contribution is 7.92. The number of nitrogens with zero attached hydrogens (tertiary/aromatic N) is 8. The summed E-state index contributed by atoms with van der Waals surface area (Å²) < 4.78 is 33.0. The largest absolute Gasteiger partial charge is 0.494 e. The molecule has 4 aromatic rings. The molecule has 0 atom stereocenters. The minimum absolute atomic E-state index is 0.195. The molecule has 0 unspecified atom stereocenters. The second kappa shape index (κ2) is 14.9. The van der Waals surface area contributed by atoms with Gasteiger partial charge < -0.3 is 25.2 Å². The maximum absolute atomic E-state index is 12.9. The van der Waals surface area contributed by atoms with Crippen molar-refractivity contribution in [3.63, 3.8) is 0 Å². The van der Waals surface area contributed by atoms with Crippen LogP contribution < -0.4 is 24.6 Å². The summed E-state index contributed by atoms with van der Waals surface area (Å²) in [6, 6.07) is 8.53. The minimum atomic E-state index is -3.64. The van der Waals surface area contributed by atoms with Crippen LogP contribution in [0.4, 0.5) is 34.5 Å². The predicted molar refractivity (Wildman–Crippen MR) is 205 cm³/mol. The Balaban J connectivity index is 1.15. The molecule has 0 spiro atoms. The molecule has 3 aliphatic rings. The second-order valence-corrected chi connectivity index (χ2v) is 16.2. The summed E-state index contributed by atoms with van der Waals surface area (Å²) in [6.45, 7) is 8.62. The van der Waals surface area contributed by atoms with Crippen LogP contribution in [0.15, 0.2) is 42.9 Å². The molecule has 0 bridgehead atoms. The molecule has 2 aliphatic heterocycles. The summed E-state index contributed by atoms with van der Waals surface area (Å²) in [5, 5.41) is 6.92. The Hall–Kier alpha value is -3.98. The van der Waals surface area contributed by atoms with Crippen molar-refractivity contribution in [3.8, 4) is 5.75 Å². The quantitative estimate of drug-likeness (QED) is 0.190. The summed E-state index contributed by atoms with van der Waals surface area (Å²) in [5.74, 6) is 2.03. The fourth-order valence-corrected chi connectivity index (χ4v) is 8.45. The van der Waals surface area contributed by atoms with E-state index in [9.17, 15) is 8.42 Å². The van der Waals surface area contributed by atoms with Crippen LogP contribution in [0.3, 0.4) is 0 Å². The molecule has 1 saturated carbocycles. The number of anilines is 6. The minimum Gasteiger partial charge on any atom is -0.494 e. The van der Waals surface area contributed by atoms with Gasteiger partial charge in [-0.05, 0) is 75.8 Å². The lowest BCUT2D eigenvalue weighted by Gasteiger charge is -2.43. The number of benzene rings is 2. The van der Waals surface area contributed by atoms with Gasteiger partial charge in [0.1, 0.15) is 22.0 Å². The van der Waals surface area contributed by atoms with Crippen LogP contribution in [0, 0.1) is 5.92 Å². The average Bonchev–Trinajstić information content (AvgIpc) is 3.95. The molecule has 1 aliphatic carbocycles. The normalized spacial score (nSPS) is 17.9. The van der Waals surface area contributed by atoms with Gasteiger partial charge in [0.05, 0.1) is 36.5 Å². The third-order valence-corrected chi connectivity index (χ3v) is 11.8. The van der Waals surface area contributed by atoms with Gasteiger partial charge in [-0.3, -0.25) is 19.2 Å². The van der Waals surface area contributed by atoms with Gasteiger partial charge in [0.25, 0.3) is 0 Å². The van der Waals surface area contributed by atoms with Crippen molar-refractivity contribution in [2.24, 2.45) is 5.92 Å². The molecule has 15 heteroatoms. The van der Waals surface area contributed by atoms with E-state index in [1.807, 2.05) is 0 Å². The first kappa shape index (κ1) is 35.4. The van der Waals surface area contributed by atoms with E-state index in [0.29, 0.717) is 51.9 Å². The van der Waals surface area contributed by atoms with Gasteiger partial charge in [0.15, 0.2) is 5.82 Å². The number of aromatic nitrogens is 4. The van der Waals surface area contributed by atoms with Gasteiger partial charge in [-0.2, -0.15) is 4.98 Å². The Morgan fingerprint density at radius 1 is 0.961 bits per heavy atom. The molecular formula is C36H47ClN10O3S. The Morgan fingerprint density at radius 2 is 1.71 bits per heavy atom. The number of nitrogens with one attached hydrogen (secondary N) is 2. The average molecular weight is 735 g/mol. The molecule has 3 fully saturated rings. The van der Waals surface area contributed by atoms with Crippen molar-refractivity contribution >= 4 is 67.2 Å². The lowest BCUT2D eigenvalue weighted by Crippen LogP contribution is -2.52. The van der Waals surface area contributed by atoms with Gasteiger partial charge in [-0.1, -0.05) is 11.6 Å². The zero-order valence-corrected chi connectivity index (χ0v) is 31.3. The fourth-order valence-electron chi connectivity index (χ4n) is 7.33. The highest BCUT2D eigenvalue weighted by Gasteiger charge is 2.30. The Bertz CT molecular complexity index is 1980. The number of piperidine rings is 1. The van der Waals surface area contributed by atoms with Crippen molar-refractivity contribution in [2.45, 2.75) is 45.1 Å². The monoisotopic (exact) mass is 734 g/mol. The van der Waals surface area contributed by atoms with Gasteiger partial charge in [0.2, 0.25) is 16.0 Å². The van der Waals surface area contributed by atoms with Crippen molar-refractivity contribution in [1.29, 1.82) is 0 Å². The molecule has 2 aromatic heterocycles. The van der Waals surface area contributed by atoms with E-state index in [1.54, 1.807) is 32.4 Å². The number of rotatable bonds is 12. The number of sulfonamides is 1. The maximum atomic E-state index is 12.9. The SMILES string of the molecule is CCN(c1c(Nc2nc(Nc3cc(CC4CC4)c(N4CCC(N5CCN(C)CC5)CC4)cc3OC)ncc2Cl)ccc2nccnc12)S(C)(=O)=O. The van der Waals surface area contributed by atoms with E-state index in [1.165, 1.54) is 47.0 Å². The Kier molecular flexibility index (Phi) is 10.4. The summed E-state index contributed by atoms with van der Waals surface area (Å²) in [6.07, 6.45) is 11.7. The second-order valence-electron chi connectivity index (χ2n) is 13.8. The first-order valence-electron chi connectivity index (χ1n) is 17.8. The van der Waals surface area contributed by atoms with Gasteiger partial charge in [-0.25, -0.2) is 13.4 Å². The first-order chi connectivity index (χ1) is 24.6. The molecule has 0 amide bonds. The Morgan fingerprint density at radius 3 is 2.39 bits per heavy atom. The highest BCUT2D eigenvalue weighted by Crippen LogP contribution is 2.42. The van der Waals surface area contributed by atoms with Crippen LogP contribution in [-0.4, -0.2) is 110 Å². The van der Waals surface area contributed by atoms with E-state index in [4.69, 9.17) is 21.3 Å². The maximum Gasteiger partial charge on any atom is 0.232 e. The molecule has 13 nitrogen and oxygen atoms in total. The summed E-state index contributed by atoms with van der Waals surface area (Å²) in [7, 11) is 0.253. The number of halogens is 1. The fraction of sp³-hybridized carbons (Fsp3) is 0.500. The van der Waals surface area contributed by atoms with Gasteiger partial charge in [-0.15, -0.1) is 0 Å². The number of fused-ring (bicyclic) bond motifs is 1. The van der Waals surface area contributed by atoms with Gasteiger partial charge in [0, 0.05) is 76.0 Å². The third kappa shape index (κ3) is 7.93. The number of hydrogen-bond donors (Lipinski definition) is 2. The van der Waals surface area contributed by atoms with E-state index in [0.717, 1.165) is 64.2 Å².